The number of aryl methyl sites for hydroxylation is 5. The summed E-state index contributed by atoms with van der Waals surface area (Å²) in [5, 5.41) is 6.38. The molecule has 0 aliphatic heterocycles. The van der Waals surface area contributed by atoms with Gasteiger partial charge >= 0.3 is 0 Å². The molecule has 2 heterocycles. The van der Waals surface area contributed by atoms with Crippen LogP contribution in [0.25, 0.3) is 22.3 Å². The zero-order valence-electron chi connectivity index (χ0n) is 17.4. The van der Waals surface area contributed by atoms with Gasteiger partial charge in [-0.3, -0.25) is 0 Å². The van der Waals surface area contributed by atoms with Crippen LogP contribution >= 0.6 is 0 Å². The second-order valence-electron chi connectivity index (χ2n) is 7.52. The zero-order valence-corrected chi connectivity index (χ0v) is 17.4. The quantitative estimate of drug-likeness (QED) is 0.483. The Labute approximate surface area is 170 Å². The monoisotopic (exact) mass is 384 g/mol. The molecule has 0 saturated carbocycles. The normalized spacial score (nSPS) is 11.8. The van der Waals surface area contributed by atoms with E-state index < -0.39 is 0 Å². The van der Waals surface area contributed by atoms with Crippen LogP contribution in [0.4, 0.5) is 5.95 Å². The highest BCUT2D eigenvalue weighted by molar-refractivity contribution is 5.82. The van der Waals surface area contributed by atoms with Gasteiger partial charge in [-0.25, -0.2) is 15.4 Å². The molecule has 1 N–H and O–H groups in total. The number of benzene rings is 2. The van der Waals surface area contributed by atoms with Crippen molar-refractivity contribution in [3.8, 4) is 11.3 Å². The number of aromatic nitrogens is 2. The van der Waals surface area contributed by atoms with Crippen molar-refractivity contribution in [1.82, 2.24) is 9.97 Å². The molecule has 0 atom stereocenters. The van der Waals surface area contributed by atoms with Gasteiger partial charge in [0.25, 0.3) is 0 Å². The molecular weight excluding hydrogens is 360 g/mol. The highest BCUT2D eigenvalue weighted by atomic mass is 16.3. The third kappa shape index (κ3) is 4.04. The van der Waals surface area contributed by atoms with Crippen LogP contribution in [0.1, 0.15) is 28.1 Å². The predicted octanol–water partition coefficient (Wildman–Crippen LogP) is 5.36. The second-order valence-corrected chi connectivity index (χ2v) is 7.52. The van der Waals surface area contributed by atoms with Crippen molar-refractivity contribution in [2.45, 2.75) is 34.6 Å². The minimum atomic E-state index is 0.484. The number of hydrogen-bond acceptors (Lipinski definition) is 5. The molecule has 0 bridgehead atoms. The molecule has 0 aliphatic carbocycles. The molecule has 0 radical (unpaired) electrons. The molecular formula is C24H24N4O. The SMILES string of the molecule is Cc1ccc(-c2cc(=NNc3nc(C)cc(C)n3)c3cc(C)cc(C)c3o2)cc1. The lowest BCUT2D eigenvalue weighted by atomic mass is 10.1. The summed E-state index contributed by atoms with van der Waals surface area (Å²) in [5.74, 6) is 1.25. The summed E-state index contributed by atoms with van der Waals surface area (Å²) in [6.45, 7) is 10.1. The van der Waals surface area contributed by atoms with Crippen molar-refractivity contribution < 1.29 is 4.42 Å². The zero-order chi connectivity index (χ0) is 20.5. The lowest BCUT2D eigenvalue weighted by Crippen LogP contribution is -2.10. The van der Waals surface area contributed by atoms with Crippen molar-refractivity contribution in [3.05, 3.63) is 82.0 Å². The fraction of sp³-hybridized carbons (Fsp3) is 0.208. The molecule has 4 rings (SSSR count). The summed E-state index contributed by atoms with van der Waals surface area (Å²) in [7, 11) is 0. The molecule has 5 nitrogen and oxygen atoms in total. The van der Waals surface area contributed by atoms with Gasteiger partial charge in [-0.1, -0.05) is 35.9 Å². The Balaban J connectivity index is 1.91. The Morgan fingerprint density at radius 1 is 0.793 bits per heavy atom. The Bertz CT molecular complexity index is 1250. The Hall–Kier alpha value is -3.47. The fourth-order valence-electron chi connectivity index (χ4n) is 3.46. The molecule has 0 saturated heterocycles. The summed E-state index contributed by atoms with van der Waals surface area (Å²) in [6.07, 6.45) is 0. The maximum Gasteiger partial charge on any atom is 0.243 e. The molecule has 0 spiro atoms. The van der Waals surface area contributed by atoms with Crippen molar-refractivity contribution in [1.29, 1.82) is 0 Å². The first-order chi connectivity index (χ1) is 13.9. The summed E-state index contributed by atoms with van der Waals surface area (Å²) < 4.78 is 6.29. The average molecular weight is 384 g/mol. The molecule has 4 aromatic rings. The molecule has 0 amide bonds. The second kappa shape index (κ2) is 7.51. The Morgan fingerprint density at radius 2 is 1.48 bits per heavy atom. The first-order valence-electron chi connectivity index (χ1n) is 9.63. The first kappa shape index (κ1) is 18.9. The highest BCUT2D eigenvalue weighted by Gasteiger charge is 2.09. The van der Waals surface area contributed by atoms with Crippen LogP contribution < -0.4 is 10.8 Å². The van der Waals surface area contributed by atoms with Crippen molar-refractivity contribution in [3.63, 3.8) is 0 Å². The van der Waals surface area contributed by atoms with E-state index in [0.717, 1.165) is 50.2 Å². The molecule has 2 aromatic heterocycles. The van der Waals surface area contributed by atoms with Gasteiger partial charge in [-0.15, -0.1) is 0 Å². The lowest BCUT2D eigenvalue weighted by Gasteiger charge is -2.09. The van der Waals surface area contributed by atoms with E-state index in [2.05, 4.69) is 77.7 Å². The maximum absolute atomic E-state index is 6.29. The van der Waals surface area contributed by atoms with Gasteiger partial charge in [0, 0.05) is 28.4 Å². The van der Waals surface area contributed by atoms with Crippen LogP contribution in [0.2, 0.25) is 0 Å². The number of nitrogens with one attached hydrogen (secondary N) is 1. The van der Waals surface area contributed by atoms with Crippen LogP contribution in [0.3, 0.4) is 0 Å². The maximum atomic E-state index is 6.29. The van der Waals surface area contributed by atoms with E-state index in [-0.39, 0.29) is 0 Å². The van der Waals surface area contributed by atoms with Crippen LogP contribution in [0.5, 0.6) is 0 Å². The number of anilines is 1. The van der Waals surface area contributed by atoms with E-state index in [4.69, 9.17) is 4.42 Å². The van der Waals surface area contributed by atoms with Gasteiger partial charge in [0.05, 0.1) is 5.36 Å². The minimum absolute atomic E-state index is 0.484. The third-order valence-corrected chi connectivity index (χ3v) is 4.77. The van der Waals surface area contributed by atoms with E-state index >= 15 is 0 Å². The molecule has 0 aliphatic rings. The number of nitrogens with zero attached hydrogens (tertiary/aromatic N) is 3. The predicted molar refractivity (Wildman–Crippen MR) is 117 cm³/mol. The Morgan fingerprint density at radius 3 is 2.17 bits per heavy atom. The van der Waals surface area contributed by atoms with E-state index in [0.29, 0.717) is 5.95 Å². The van der Waals surface area contributed by atoms with Crippen LogP contribution in [0, 0.1) is 34.6 Å². The number of hydrogen-bond donors (Lipinski definition) is 1. The van der Waals surface area contributed by atoms with Crippen LogP contribution in [-0.2, 0) is 0 Å². The summed E-state index contributed by atoms with van der Waals surface area (Å²) in [5.41, 5.74) is 10.1. The third-order valence-electron chi connectivity index (χ3n) is 4.77. The summed E-state index contributed by atoms with van der Waals surface area (Å²) >= 11 is 0. The van der Waals surface area contributed by atoms with Crippen LogP contribution in [0.15, 0.2) is 58.0 Å². The lowest BCUT2D eigenvalue weighted by molar-refractivity contribution is 0.615. The van der Waals surface area contributed by atoms with E-state index in [1.807, 2.05) is 26.0 Å². The highest BCUT2D eigenvalue weighted by Crippen LogP contribution is 2.25. The van der Waals surface area contributed by atoms with Crippen molar-refractivity contribution in [2.24, 2.45) is 5.10 Å². The van der Waals surface area contributed by atoms with Crippen molar-refractivity contribution in [2.75, 3.05) is 5.43 Å². The molecule has 146 valence electrons. The molecule has 2 aromatic carbocycles. The van der Waals surface area contributed by atoms with Gasteiger partial charge in [0.15, 0.2) is 0 Å². The summed E-state index contributed by atoms with van der Waals surface area (Å²) in [6, 6.07) is 16.4. The topological polar surface area (TPSA) is 63.3 Å². The van der Waals surface area contributed by atoms with E-state index in [1.54, 1.807) is 0 Å². The van der Waals surface area contributed by atoms with Gasteiger partial charge in [-0.2, -0.15) is 5.10 Å². The van der Waals surface area contributed by atoms with Gasteiger partial charge < -0.3 is 4.42 Å². The van der Waals surface area contributed by atoms with Crippen LogP contribution in [-0.4, -0.2) is 9.97 Å². The summed E-state index contributed by atoms with van der Waals surface area (Å²) in [4.78, 5) is 8.83. The molecule has 0 unspecified atom stereocenters. The number of fused-ring (bicyclic) bond motifs is 1. The molecule has 29 heavy (non-hydrogen) atoms. The van der Waals surface area contributed by atoms with Gasteiger partial charge in [0.2, 0.25) is 5.95 Å². The number of rotatable bonds is 3. The van der Waals surface area contributed by atoms with E-state index in [9.17, 15) is 0 Å². The molecule has 5 heteroatoms. The Kier molecular flexibility index (Phi) is 4.89. The smallest absolute Gasteiger partial charge is 0.243 e. The largest absolute Gasteiger partial charge is 0.456 e. The standard InChI is InChI=1S/C24H24N4O/c1-14-6-8-19(9-7-14)22-13-21(20-11-15(2)10-16(3)23(20)29-22)27-28-24-25-17(4)12-18(5)26-24/h6-13H,1-5H3,(H,25,26,28). The van der Waals surface area contributed by atoms with Gasteiger partial charge in [-0.05, 0) is 57.9 Å². The fourth-order valence-corrected chi connectivity index (χ4v) is 3.46. The van der Waals surface area contributed by atoms with Crippen molar-refractivity contribution >= 4 is 16.9 Å². The van der Waals surface area contributed by atoms with E-state index in [1.165, 1.54) is 5.56 Å². The first-order valence-corrected chi connectivity index (χ1v) is 9.63. The minimum Gasteiger partial charge on any atom is -0.456 e. The van der Waals surface area contributed by atoms with Gasteiger partial charge in [0.1, 0.15) is 11.3 Å². The average Bonchev–Trinajstić information content (AvgIpc) is 2.66. The molecule has 0 fully saturated rings.